The molecule has 6 rings (SSSR count). The highest BCUT2D eigenvalue weighted by molar-refractivity contribution is 6.35. The number of fused-ring (bicyclic) bond motifs is 2. The Morgan fingerprint density at radius 1 is 1.15 bits per heavy atom. The molecule has 9 nitrogen and oxygen atoms in total. The van der Waals surface area contributed by atoms with Crippen molar-refractivity contribution in [2.75, 3.05) is 13.6 Å². The number of benzene rings is 1. The lowest BCUT2D eigenvalue weighted by atomic mass is 10.1. The van der Waals surface area contributed by atoms with Crippen molar-refractivity contribution >= 4 is 34.3 Å². The normalized spacial score (nSPS) is 16.4. The Morgan fingerprint density at radius 3 is 2.68 bits per heavy atom. The Labute approximate surface area is 200 Å². The van der Waals surface area contributed by atoms with E-state index in [1.807, 2.05) is 16.8 Å². The topological polar surface area (TPSA) is 100 Å². The molecule has 0 bridgehead atoms. The highest BCUT2D eigenvalue weighted by Crippen LogP contribution is 2.49. The Morgan fingerprint density at radius 2 is 1.94 bits per heavy atom. The zero-order valence-electron chi connectivity index (χ0n) is 18.5. The van der Waals surface area contributed by atoms with E-state index in [-0.39, 0.29) is 11.8 Å². The quantitative estimate of drug-likeness (QED) is 0.488. The summed E-state index contributed by atoms with van der Waals surface area (Å²) in [4.78, 5) is 42.2. The van der Waals surface area contributed by atoms with Crippen LogP contribution in [0.3, 0.4) is 0 Å². The summed E-state index contributed by atoms with van der Waals surface area (Å²) in [6.07, 6.45) is 6.63. The molecule has 34 heavy (non-hydrogen) atoms. The van der Waals surface area contributed by atoms with Crippen LogP contribution in [0.15, 0.2) is 48.9 Å². The standard InChI is InChI=1S/C24H22ClN7O2/c1-30(24(6-7-24)23-26-8-3-9-27-23)21(33)16-13-28-32-11-10-31(14-20(16)32)22(34)19-12-15-17(25)4-2-5-18(15)29-19/h2-5,8-9,12-13,29H,6-7,10-11,14H2,1H3. The van der Waals surface area contributed by atoms with Gasteiger partial charge in [-0.2, -0.15) is 5.10 Å². The van der Waals surface area contributed by atoms with Crippen molar-refractivity contribution < 1.29 is 9.59 Å². The van der Waals surface area contributed by atoms with Gasteiger partial charge in [-0.25, -0.2) is 9.97 Å². The second kappa shape index (κ2) is 7.66. The molecule has 4 heterocycles. The number of nitrogens with zero attached hydrogens (tertiary/aromatic N) is 6. The van der Waals surface area contributed by atoms with Crippen molar-refractivity contribution in [3.63, 3.8) is 0 Å². The summed E-state index contributed by atoms with van der Waals surface area (Å²) in [6, 6.07) is 9.08. The predicted octanol–water partition coefficient (Wildman–Crippen LogP) is 3.23. The maximum Gasteiger partial charge on any atom is 0.270 e. The molecular weight excluding hydrogens is 454 g/mol. The maximum atomic E-state index is 13.5. The molecule has 4 aromatic rings. The van der Waals surface area contributed by atoms with Crippen LogP contribution in [0.2, 0.25) is 5.02 Å². The van der Waals surface area contributed by atoms with E-state index in [9.17, 15) is 9.59 Å². The van der Waals surface area contributed by atoms with Crippen LogP contribution in [-0.2, 0) is 18.6 Å². The van der Waals surface area contributed by atoms with Crippen molar-refractivity contribution in [1.29, 1.82) is 0 Å². The molecule has 1 aliphatic carbocycles. The van der Waals surface area contributed by atoms with Crippen LogP contribution < -0.4 is 0 Å². The summed E-state index contributed by atoms with van der Waals surface area (Å²) in [6.45, 7) is 1.32. The lowest BCUT2D eigenvalue weighted by molar-refractivity contribution is 0.0665. The number of amides is 2. The van der Waals surface area contributed by atoms with Gasteiger partial charge in [0.2, 0.25) is 0 Å². The average molecular weight is 476 g/mol. The SMILES string of the molecule is CN(C(=O)c1cnn2c1CN(C(=O)c1cc3c(Cl)cccc3[nH]1)CC2)C1(c2ncccn2)CC1. The Kier molecular flexibility index (Phi) is 4.70. The van der Waals surface area contributed by atoms with Crippen LogP contribution in [0.1, 0.15) is 45.2 Å². The predicted molar refractivity (Wildman–Crippen MR) is 125 cm³/mol. The van der Waals surface area contributed by atoms with E-state index in [0.717, 1.165) is 29.4 Å². The van der Waals surface area contributed by atoms with Gasteiger partial charge in [0.05, 0.1) is 30.5 Å². The summed E-state index contributed by atoms with van der Waals surface area (Å²) < 4.78 is 1.81. The van der Waals surface area contributed by atoms with E-state index >= 15 is 0 Å². The highest BCUT2D eigenvalue weighted by atomic mass is 35.5. The second-order valence-corrected chi connectivity index (χ2v) is 9.21. The molecule has 2 amide bonds. The zero-order chi connectivity index (χ0) is 23.4. The van der Waals surface area contributed by atoms with E-state index in [4.69, 9.17) is 11.6 Å². The Balaban J connectivity index is 1.26. The summed E-state index contributed by atoms with van der Waals surface area (Å²) in [5.41, 5.74) is 2.03. The number of hydrogen-bond acceptors (Lipinski definition) is 5. The van der Waals surface area contributed by atoms with E-state index in [2.05, 4.69) is 20.1 Å². The van der Waals surface area contributed by atoms with Crippen LogP contribution >= 0.6 is 11.6 Å². The monoisotopic (exact) mass is 475 g/mol. The molecule has 1 saturated carbocycles. The molecule has 1 aliphatic heterocycles. The van der Waals surface area contributed by atoms with E-state index in [1.54, 1.807) is 53.6 Å². The fraction of sp³-hybridized carbons (Fsp3) is 0.292. The molecule has 0 radical (unpaired) electrons. The van der Waals surface area contributed by atoms with E-state index in [0.29, 0.717) is 41.7 Å². The number of halogens is 1. The van der Waals surface area contributed by atoms with Crippen molar-refractivity contribution in [2.45, 2.75) is 31.5 Å². The summed E-state index contributed by atoms with van der Waals surface area (Å²) in [5, 5.41) is 5.83. The van der Waals surface area contributed by atoms with Crippen molar-refractivity contribution in [3.8, 4) is 0 Å². The zero-order valence-corrected chi connectivity index (χ0v) is 19.3. The van der Waals surface area contributed by atoms with Gasteiger partial charge in [-0.3, -0.25) is 14.3 Å². The smallest absolute Gasteiger partial charge is 0.270 e. The molecule has 172 valence electrons. The van der Waals surface area contributed by atoms with Gasteiger partial charge in [-0.1, -0.05) is 17.7 Å². The number of rotatable bonds is 4. The minimum atomic E-state index is -0.485. The van der Waals surface area contributed by atoms with Crippen LogP contribution in [0, 0.1) is 0 Å². The van der Waals surface area contributed by atoms with Crippen LogP contribution in [0.4, 0.5) is 0 Å². The third-order valence-corrected chi connectivity index (χ3v) is 7.21. The minimum absolute atomic E-state index is 0.136. The van der Waals surface area contributed by atoms with Gasteiger partial charge in [-0.05, 0) is 37.1 Å². The van der Waals surface area contributed by atoms with Gasteiger partial charge in [0.25, 0.3) is 11.8 Å². The summed E-state index contributed by atoms with van der Waals surface area (Å²) >= 11 is 6.28. The first-order valence-electron chi connectivity index (χ1n) is 11.1. The largest absolute Gasteiger partial charge is 0.350 e. The first-order valence-corrected chi connectivity index (χ1v) is 11.5. The number of H-pyrrole nitrogens is 1. The fourth-order valence-corrected chi connectivity index (χ4v) is 4.97. The molecule has 1 aromatic carbocycles. The average Bonchev–Trinajstić information content (AvgIpc) is 3.38. The number of carbonyl (C=O) groups excluding carboxylic acids is 2. The molecule has 0 unspecified atom stereocenters. The molecule has 0 spiro atoms. The Hall–Kier alpha value is -3.72. The molecule has 10 heteroatoms. The number of aromatic amines is 1. The van der Waals surface area contributed by atoms with E-state index < -0.39 is 5.54 Å². The second-order valence-electron chi connectivity index (χ2n) is 8.81. The summed E-state index contributed by atoms with van der Waals surface area (Å²) in [5.74, 6) is 0.377. The molecule has 0 saturated heterocycles. The lowest BCUT2D eigenvalue weighted by Crippen LogP contribution is -2.41. The summed E-state index contributed by atoms with van der Waals surface area (Å²) in [7, 11) is 1.79. The van der Waals surface area contributed by atoms with Gasteiger partial charge in [0.1, 0.15) is 11.2 Å². The first kappa shape index (κ1) is 20.9. The first-order chi connectivity index (χ1) is 16.5. The number of carbonyl (C=O) groups is 2. The minimum Gasteiger partial charge on any atom is -0.350 e. The van der Waals surface area contributed by atoms with Crippen LogP contribution in [0.5, 0.6) is 0 Å². The lowest BCUT2D eigenvalue weighted by Gasteiger charge is -2.30. The third-order valence-electron chi connectivity index (χ3n) is 6.88. The van der Waals surface area contributed by atoms with E-state index in [1.165, 1.54) is 0 Å². The number of hydrogen-bond donors (Lipinski definition) is 1. The van der Waals surface area contributed by atoms with Crippen molar-refractivity contribution in [2.24, 2.45) is 0 Å². The van der Waals surface area contributed by atoms with Gasteiger partial charge >= 0.3 is 0 Å². The molecule has 1 N–H and O–H groups in total. The maximum absolute atomic E-state index is 13.5. The number of nitrogens with one attached hydrogen (secondary N) is 1. The molecule has 0 atom stereocenters. The fourth-order valence-electron chi connectivity index (χ4n) is 4.74. The van der Waals surface area contributed by atoms with Gasteiger partial charge in [-0.15, -0.1) is 0 Å². The van der Waals surface area contributed by atoms with Gasteiger partial charge in [0, 0.05) is 41.9 Å². The molecule has 3 aromatic heterocycles. The molecule has 1 fully saturated rings. The Bertz CT molecular complexity index is 1420. The van der Waals surface area contributed by atoms with Gasteiger partial charge < -0.3 is 14.8 Å². The third kappa shape index (κ3) is 3.19. The van der Waals surface area contributed by atoms with Gasteiger partial charge in [0.15, 0.2) is 5.82 Å². The number of aromatic nitrogens is 5. The highest BCUT2D eigenvalue weighted by Gasteiger charge is 2.53. The van der Waals surface area contributed by atoms with Crippen molar-refractivity contribution in [1.82, 2.24) is 34.5 Å². The molecular formula is C24H22ClN7O2. The van der Waals surface area contributed by atoms with Crippen LogP contribution in [0.25, 0.3) is 10.9 Å². The van der Waals surface area contributed by atoms with Crippen LogP contribution in [-0.4, -0.2) is 59.9 Å². The molecule has 2 aliphatic rings. The van der Waals surface area contributed by atoms with Crippen molar-refractivity contribution in [3.05, 3.63) is 76.7 Å².